The first-order chi connectivity index (χ1) is 8.65. The number of rotatable bonds is 4. The van der Waals surface area contributed by atoms with Gasteiger partial charge in [0.2, 0.25) is 0 Å². The van der Waals surface area contributed by atoms with Crippen LogP contribution in [0, 0.1) is 6.92 Å². The van der Waals surface area contributed by atoms with Crippen LogP contribution in [0.5, 0.6) is 5.75 Å². The molecule has 0 saturated carbocycles. The second-order valence-corrected chi connectivity index (χ2v) is 4.48. The molecule has 0 aliphatic rings. The van der Waals surface area contributed by atoms with Gasteiger partial charge in [-0.2, -0.15) is 0 Å². The number of ether oxygens (including phenoxy) is 1. The Morgan fingerprint density at radius 2 is 2.11 bits per heavy atom. The van der Waals surface area contributed by atoms with Gasteiger partial charge in [-0.3, -0.25) is 0 Å². The van der Waals surface area contributed by atoms with Crippen LogP contribution >= 0.6 is 11.6 Å². The number of nitrogens with one attached hydrogen (secondary N) is 1. The van der Waals surface area contributed by atoms with Crippen molar-refractivity contribution < 1.29 is 9.84 Å². The first-order valence-electron chi connectivity index (χ1n) is 5.87. The molecule has 1 aromatic carbocycles. The number of aryl methyl sites for hydroxylation is 1. The third-order valence-electron chi connectivity index (χ3n) is 2.84. The van der Waals surface area contributed by atoms with Crippen molar-refractivity contribution in [3.63, 3.8) is 0 Å². The van der Waals surface area contributed by atoms with Crippen LogP contribution in [0.2, 0.25) is 5.02 Å². The molecule has 0 spiro atoms. The SMILES string of the molecule is CCOc1ccc(-c2cc(CO)c(C)[nH]2)cc1Cl. The van der Waals surface area contributed by atoms with E-state index in [1.807, 2.05) is 38.1 Å². The molecule has 1 aromatic heterocycles. The zero-order valence-corrected chi connectivity index (χ0v) is 11.2. The van der Waals surface area contributed by atoms with Gasteiger partial charge in [0.15, 0.2) is 0 Å². The van der Waals surface area contributed by atoms with Crippen molar-refractivity contribution in [3.05, 3.63) is 40.5 Å². The Labute approximate surface area is 111 Å². The molecule has 0 fully saturated rings. The summed E-state index contributed by atoms with van der Waals surface area (Å²) in [7, 11) is 0. The van der Waals surface area contributed by atoms with E-state index >= 15 is 0 Å². The number of aliphatic hydroxyl groups is 1. The van der Waals surface area contributed by atoms with Gasteiger partial charge in [0.25, 0.3) is 0 Å². The fraction of sp³-hybridized carbons (Fsp3) is 0.286. The number of benzene rings is 1. The van der Waals surface area contributed by atoms with Crippen molar-refractivity contribution in [2.45, 2.75) is 20.5 Å². The van der Waals surface area contributed by atoms with Crippen LogP contribution in [0.15, 0.2) is 24.3 Å². The molecule has 2 rings (SSSR count). The lowest BCUT2D eigenvalue weighted by Gasteiger charge is -2.06. The molecule has 4 heteroatoms. The molecule has 18 heavy (non-hydrogen) atoms. The molecule has 0 aliphatic heterocycles. The number of H-pyrrole nitrogens is 1. The maximum atomic E-state index is 9.18. The van der Waals surface area contributed by atoms with Crippen molar-refractivity contribution in [2.24, 2.45) is 0 Å². The topological polar surface area (TPSA) is 45.2 Å². The summed E-state index contributed by atoms with van der Waals surface area (Å²) in [5, 5.41) is 9.77. The maximum Gasteiger partial charge on any atom is 0.137 e. The minimum atomic E-state index is 0.0348. The third-order valence-corrected chi connectivity index (χ3v) is 3.13. The summed E-state index contributed by atoms with van der Waals surface area (Å²) in [6, 6.07) is 7.60. The van der Waals surface area contributed by atoms with Gasteiger partial charge in [0.1, 0.15) is 5.75 Å². The Bertz CT molecular complexity index is 549. The largest absolute Gasteiger partial charge is 0.492 e. The van der Waals surface area contributed by atoms with Crippen molar-refractivity contribution in [1.29, 1.82) is 0 Å². The summed E-state index contributed by atoms with van der Waals surface area (Å²) in [6.07, 6.45) is 0. The highest BCUT2D eigenvalue weighted by Crippen LogP contribution is 2.30. The highest BCUT2D eigenvalue weighted by Gasteiger charge is 2.08. The van der Waals surface area contributed by atoms with Crippen LogP contribution in [0.25, 0.3) is 11.3 Å². The molecule has 0 amide bonds. The first kappa shape index (κ1) is 13.0. The van der Waals surface area contributed by atoms with Gasteiger partial charge < -0.3 is 14.8 Å². The smallest absolute Gasteiger partial charge is 0.137 e. The summed E-state index contributed by atoms with van der Waals surface area (Å²) >= 11 is 6.15. The van der Waals surface area contributed by atoms with E-state index in [1.54, 1.807) is 0 Å². The van der Waals surface area contributed by atoms with Gasteiger partial charge in [-0.15, -0.1) is 0 Å². The van der Waals surface area contributed by atoms with E-state index in [-0.39, 0.29) is 6.61 Å². The first-order valence-corrected chi connectivity index (χ1v) is 6.25. The number of aromatic nitrogens is 1. The Morgan fingerprint density at radius 1 is 1.33 bits per heavy atom. The van der Waals surface area contributed by atoms with Crippen molar-refractivity contribution >= 4 is 11.6 Å². The molecule has 2 N–H and O–H groups in total. The van der Waals surface area contributed by atoms with Crippen molar-refractivity contribution in [2.75, 3.05) is 6.61 Å². The number of aromatic amines is 1. The minimum absolute atomic E-state index is 0.0348. The van der Waals surface area contributed by atoms with Gasteiger partial charge in [0.05, 0.1) is 18.2 Å². The van der Waals surface area contributed by atoms with Crippen LogP contribution in [0.3, 0.4) is 0 Å². The molecular weight excluding hydrogens is 250 g/mol. The predicted octanol–water partition coefficient (Wildman–Crippen LogP) is 3.53. The lowest BCUT2D eigenvalue weighted by Crippen LogP contribution is -1.92. The lowest BCUT2D eigenvalue weighted by atomic mass is 10.1. The Balaban J connectivity index is 2.35. The normalized spacial score (nSPS) is 10.7. The summed E-state index contributed by atoms with van der Waals surface area (Å²) in [5.74, 6) is 0.688. The van der Waals surface area contributed by atoms with E-state index in [0.717, 1.165) is 22.5 Å². The quantitative estimate of drug-likeness (QED) is 0.888. The molecular formula is C14H16ClNO2. The fourth-order valence-electron chi connectivity index (χ4n) is 1.86. The Morgan fingerprint density at radius 3 is 2.67 bits per heavy atom. The molecule has 96 valence electrons. The van der Waals surface area contributed by atoms with Gasteiger partial charge in [-0.25, -0.2) is 0 Å². The van der Waals surface area contributed by atoms with Gasteiger partial charge in [-0.05, 0) is 49.2 Å². The van der Waals surface area contributed by atoms with Crippen LogP contribution in [-0.2, 0) is 6.61 Å². The van der Waals surface area contributed by atoms with Crippen molar-refractivity contribution in [1.82, 2.24) is 4.98 Å². The number of halogens is 1. The zero-order valence-electron chi connectivity index (χ0n) is 10.5. The highest BCUT2D eigenvalue weighted by atomic mass is 35.5. The Hall–Kier alpha value is -1.45. The van der Waals surface area contributed by atoms with E-state index in [1.165, 1.54) is 0 Å². The van der Waals surface area contributed by atoms with E-state index in [4.69, 9.17) is 16.3 Å². The van der Waals surface area contributed by atoms with Gasteiger partial charge >= 0.3 is 0 Å². The monoisotopic (exact) mass is 265 g/mol. The lowest BCUT2D eigenvalue weighted by molar-refractivity contribution is 0.281. The van der Waals surface area contributed by atoms with E-state index in [0.29, 0.717) is 17.4 Å². The molecule has 0 unspecified atom stereocenters. The Kier molecular flexibility index (Phi) is 3.94. The van der Waals surface area contributed by atoms with Crippen LogP contribution in [0.4, 0.5) is 0 Å². The molecule has 0 atom stereocenters. The molecule has 2 aromatic rings. The highest BCUT2D eigenvalue weighted by molar-refractivity contribution is 6.32. The van der Waals surface area contributed by atoms with Crippen molar-refractivity contribution in [3.8, 4) is 17.0 Å². The summed E-state index contributed by atoms with van der Waals surface area (Å²) in [6.45, 7) is 4.49. The predicted molar refractivity (Wildman–Crippen MR) is 73.1 cm³/mol. The van der Waals surface area contributed by atoms with Crippen LogP contribution in [0.1, 0.15) is 18.2 Å². The number of aliphatic hydroxyl groups excluding tert-OH is 1. The molecule has 0 aliphatic carbocycles. The van der Waals surface area contributed by atoms with E-state index in [2.05, 4.69) is 4.98 Å². The second-order valence-electron chi connectivity index (χ2n) is 4.07. The summed E-state index contributed by atoms with van der Waals surface area (Å²) in [5.41, 5.74) is 3.79. The van der Waals surface area contributed by atoms with Crippen LogP contribution < -0.4 is 4.74 Å². The third kappa shape index (κ3) is 2.52. The zero-order chi connectivity index (χ0) is 13.1. The molecule has 3 nitrogen and oxygen atoms in total. The second kappa shape index (κ2) is 5.46. The van der Waals surface area contributed by atoms with Crippen LogP contribution in [-0.4, -0.2) is 16.7 Å². The number of hydrogen-bond donors (Lipinski definition) is 2. The van der Waals surface area contributed by atoms with E-state index in [9.17, 15) is 5.11 Å². The number of hydrogen-bond acceptors (Lipinski definition) is 2. The summed E-state index contributed by atoms with van der Waals surface area (Å²) < 4.78 is 5.40. The molecule has 1 heterocycles. The van der Waals surface area contributed by atoms with Gasteiger partial charge in [-0.1, -0.05) is 11.6 Å². The average molecular weight is 266 g/mol. The summed E-state index contributed by atoms with van der Waals surface area (Å²) in [4.78, 5) is 3.23. The maximum absolute atomic E-state index is 9.18. The minimum Gasteiger partial charge on any atom is -0.492 e. The molecule has 0 saturated heterocycles. The standard InChI is InChI=1S/C14H16ClNO2/c1-3-18-14-5-4-10(6-12(14)15)13-7-11(8-17)9(2)16-13/h4-7,16-17H,3,8H2,1-2H3. The molecule has 0 radical (unpaired) electrons. The van der Waals surface area contributed by atoms with E-state index < -0.39 is 0 Å². The average Bonchev–Trinajstić information content (AvgIpc) is 2.73. The van der Waals surface area contributed by atoms with Gasteiger partial charge in [0, 0.05) is 11.4 Å². The molecule has 0 bridgehead atoms. The fourth-order valence-corrected chi connectivity index (χ4v) is 2.10.